The van der Waals surface area contributed by atoms with Crippen LogP contribution in [0.25, 0.3) is 0 Å². The number of aromatic nitrogens is 1. The van der Waals surface area contributed by atoms with Crippen LogP contribution < -0.4 is 21.5 Å². The Kier molecular flexibility index (Phi) is 1.67. The fourth-order valence-corrected chi connectivity index (χ4v) is 1.66. The highest BCUT2D eigenvalue weighted by Gasteiger charge is 2.18. The number of nitrogens with two attached hydrogens (primary N) is 2. The molecule has 0 aliphatic carbocycles. The summed E-state index contributed by atoms with van der Waals surface area (Å²) in [5, 5.41) is 3.18. The SMILES string of the molecule is Nc1ccc2c(c1)Nc1c(N)cncc1O2. The van der Waals surface area contributed by atoms with Crippen LogP contribution in [-0.4, -0.2) is 4.98 Å². The predicted molar refractivity (Wildman–Crippen MR) is 62.9 cm³/mol. The number of benzene rings is 1. The van der Waals surface area contributed by atoms with Gasteiger partial charge in [-0.05, 0) is 18.2 Å². The van der Waals surface area contributed by atoms with Crippen LogP contribution in [0, 0.1) is 0 Å². The number of nitrogen functional groups attached to an aromatic ring is 2. The molecule has 5 heteroatoms. The largest absolute Gasteiger partial charge is 0.451 e. The molecule has 0 spiro atoms. The summed E-state index contributed by atoms with van der Waals surface area (Å²) < 4.78 is 5.65. The van der Waals surface area contributed by atoms with Gasteiger partial charge < -0.3 is 21.5 Å². The molecule has 1 aromatic carbocycles. The van der Waals surface area contributed by atoms with Gasteiger partial charge in [0.1, 0.15) is 5.69 Å². The number of nitrogens with zero attached hydrogens (tertiary/aromatic N) is 1. The summed E-state index contributed by atoms with van der Waals surface area (Å²) in [6.45, 7) is 0. The summed E-state index contributed by atoms with van der Waals surface area (Å²) in [4.78, 5) is 3.97. The highest BCUT2D eigenvalue weighted by molar-refractivity contribution is 5.84. The quantitative estimate of drug-likeness (QED) is 0.499. The minimum Gasteiger partial charge on any atom is -0.451 e. The molecule has 0 radical (unpaired) electrons. The Morgan fingerprint density at radius 3 is 2.88 bits per heavy atom. The van der Waals surface area contributed by atoms with Crippen molar-refractivity contribution in [1.29, 1.82) is 0 Å². The van der Waals surface area contributed by atoms with Crippen molar-refractivity contribution in [2.75, 3.05) is 16.8 Å². The van der Waals surface area contributed by atoms with Gasteiger partial charge in [-0.25, -0.2) is 0 Å². The first-order valence-electron chi connectivity index (χ1n) is 4.82. The van der Waals surface area contributed by atoms with Crippen LogP contribution in [-0.2, 0) is 0 Å². The first-order valence-corrected chi connectivity index (χ1v) is 4.82. The third-order valence-electron chi connectivity index (χ3n) is 2.42. The van der Waals surface area contributed by atoms with Crippen molar-refractivity contribution in [3.63, 3.8) is 0 Å². The fourth-order valence-electron chi connectivity index (χ4n) is 1.66. The lowest BCUT2D eigenvalue weighted by Gasteiger charge is -2.22. The van der Waals surface area contributed by atoms with Crippen LogP contribution in [0.3, 0.4) is 0 Å². The molecular formula is C11H10N4O. The molecule has 5 nitrogen and oxygen atoms in total. The van der Waals surface area contributed by atoms with Crippen LogP contribution in [0.4, 0.5) is 22.7 Å². The smallest absolute Gasteiger partial charge is 0.171 e. The van der Waals surface area contributed by atoms with Gasteiger partial charge in [0.05, 0.1) is 23.8 Å². The molecule has 0 saturated carbocycles. The summed E-state index contributed by atoms with van der Waals surface area (Å²) in [6, 6.07) is 5.40. The number of hydrogen-bond donors (Lipinski definition) is 3. The third kappa shape index (κ3) is 1.22. The van der Waals surface area contributed by atoms with Gasteiger partial charge in [0.15, 0.2) is 11.5 Å². The van der Waals surface area contributed by atoms with Gasteiger partial charge in [0.2, 0.25) is 0 Å². The molecule has 1 aliphatic heterocycles. The van der Waals surface area contributed by atoms with E-state index in [0.717, 1.165) is 11.4 Å². The average molecular weight is 214 g/mol. The van der Waals surface area contributed by atoms with Crippen molar-refractivity contribution in [3.05, 3.63) is 30.6 Å². The zero-order chi connectivity index (χ0) is 11.1. The summed E-state index contributed by atoms with van der Waals surface area (Å²) in [5.74, 6) is 1.34. The summed E-state index contributed by atoms with van der Waals surface area (Å²) in [5.41, 5.74) is 14.3. The Morgan fingerprint density at radius 2 is 2.00 bits per heavy atom. The molecule has 16 heavy (non-hydrogen) atoms. The Labute approximate surface area is 92.0 Å². The molecule has 1 aliphatic rings. The highest BCUT2D eigenvalue weighted by atomic mass is 16.5. The minimum absolute atomic E-state index is 0.547. The molecule has 5 N–H and O–H groups in total. The van der Waals surface area contributed by atoms with Crippen LogP contribution in [0.2, 0.25) is 0 Å². The second-order valence-corrected chi connectivity index (χ2v) is 3.58. The van der Waals surface area contributed by atoms with Crippen molar-refractivity contribution >= 4 is 22.7 Å². The first-order chi connectivity index (χ1) is 7.74. The maximum atomic E-state index is 5.80. The number of ether oxygens (including phenoxy) is 1. The van der Waals surface area contributed by atoms with Gasteiger partial charge >= 0.3 is 0 Å². The predicted octanol–water partition coefficient (Wildman–Crippen LogP) is 2.10. The molecule has 0 fully saturated rings. The topological polar surface area (TPSA) is 86.2 Å². The zero-order valence-electron chi connectivity index (χ0n) is 8.40. The van der Waals surface area contributed by atoms with E-state index in [1.54, 1.807) is 24.5 Å². The Morgan fingerprint density at radius 1 is 1.12 bits per heavy atom. The van der Waals surface area contributed by atoms with E-state index in [1.165, 1.54) is 0 Å². The van der Waals surface area contributed by atoms with E-state index in [1.807, 2.05) is 6.07 Å². The van der Waals surface area contributed by atoms with E-state index in [0.29, 0.717) is 22.9 Å². The second kappa shape index (κ2) is 3.03. The third-order valence-corrected chi connectivity index (χ3v) is 2.42. The van der Waals surface area contributed by atoms with Crippen LogP contribution in [0.5, 0.6) is 11.5 Å². The lowest BCUT2D eigenvalue weighted by atomic mass is 10.2. The Bertz CT molecular complexity index is 568. The van der Waals surface area contributed by atoms with Gasteiger partial charge in [0.25, 0.3) is 0 Å². The molecule has 0 atom stereocenters. The normalized spacial score (nSPS) is 12.0. The molecule has 3 rings (SSSR count). The summed E-state index contributed by atoms with van der Waals surface area (Å²) >= 11 is 0. The maximum absolute atomic E-state index is 5.80. The summed E-state index contributed by atoms with van der Waals surface area (Å²) in [7, 11) is 0. The van der Waals surface area contributed by atoms with E-state index < -0.39 is 0 Å². The lowest BCUT2D eigenvalue weighted by molar-refractivity contribution is 0.479. The van der Waals surface area contributed by atoms with Crippen molar-refractivity contribution in [2.45, 2.75) is 0 Å². The van der Waals surface area contributed by atoms with E-state index in [-0.39, 0.29) is 0 Å². The van der Waals surface area contributed by atoms with E-state index >= 15 is 0 Å². The highest BCUT2D eigenvalue weighted by Crippen LogP contribution is 2.44. The number of pyridine rings is 1. The van der Waals surface area contributed by atoms with Crippen LogP contribution in [0.1, 0.15) is 0 Å². The molecule has 2 heterocycles. The summed E-state index contributed by atoms with van der Waals surface area (Å²) in [6.07, 6.45) is 3.20. The standard InChI is InChI=1S/C11H10N4O/c12-6-1-2-9-8(3-6)15-11-7(13)4-14-5-10(11)16-9/h1-5,15H,12-13H2. The molecule has 0 saturated heterocycles. The van der Waals surface area contributed by atoms with Gasteiger partial charge in [0, 0.05) is 5.69 Å². The lowest BCUT2D eigenvalue weighted by Crippen LogP contribution is -2.06. The number of anilines is 4. The molecular weight excluding hydrogens is 204 g/mol. The van der Waals surface area contributed by atoms with Crippen LogP contribution >= 0.6 is 0 Å². The van der Waals surface area contributed by atoms with Gasteiger partial charge in [-0.15, -0.1) is 0 Å². The van der Waals surface area contributed by atoms with Crippen molar-refractivity contribution < 1.29 is 4.74 Å². The first kappa shape index (κ1) is 8.84. The van der Waals surface area contributed by atoms with Gasteiger partial charge in [-0.3, -0.25) is 4.98 Å². The van der Waals surface area contributed by atoms with Crippen molar-refractivity contribution in [1.82, 2.24) is 4.98 Å². The molecule has 0 unspecified atom stereocenters. The van der Waals surface area contributed by atoms with Crippen molar-refractivity contribution in [2.24, 2.45) is 0 Å². The number of rotatable bonds is 0. The molecule has 0 amide bonds. The second-order valence-electron chi connectivity index (χ2n) is 3.58. The Balaban J connectivity index is 2.13. The average Bonchev–Trinajstić information content (AvgIpc) is 2.28. The molecule has 80 valence electrons. The maximum Gasteiger partial charge on any atom is 0.171 e. The number of fused-ring (bicyclic) bond motifs is 2. The zero-order valence-corrected chi connectivity index (χ0v) is 8.40. The van der Waals surface area contributed by atoms with Gasteiger partial charge in [-0.1, -0.05) is 0 Å². The van der Waals surface area contributed by atoms with E-state index in [9.17, 15) is 0 Å². The Hall–Kier alpha value is -2.43. The molecule has 1 aromatic heterocycles. The van der Waals surface area contributed by atoms with Gasteiger partial charge in [-0.2, -0.15) is 0 Å². The number of hydrogen-bond acceptors (Lipinski definition) is 5. The van der Waals surface area contributed by atoms with Crippen LogP contribution in [0.15, 0.2) is 30.6 Å². The molecule has 2 aromatic rings. The molecule has 0 bridgehead atoms. The van der Waals surface area contributed by atoms with E-state index in [2.05, 4.69) is 10.3 Å². The minimum atomic E-state index is 0.547. The van der Waals surface area contributed by atoms with E-state index in [4.69, 9.17) is 16.2 Å². The van der Waals surface area contributed by atoms with Crippen molar-refractivity contribution in [3.8, 4) is 11.5 Å². The number of nitrogens with one attached hydrogen (secondary N) is 1. The fraction of sp³-hybridized carbons (Fsp3) is 0. The monoisotopic (exact) mass is 214 g/mol.